The molecule has 4 heteroatoms. The van der Waals surface area contributed by atoms with E-state index >= 15 is 0 Å². The third-order valence-corrected chi connectivity index (χ3v) is 4.17. The molecular weight excluding hydrogens is 230 g/mol. The number of anilines is 1. The van der Waals surface area contributed by atoms with Crippen molar-refractivity contribution in [2.45, 2.75) is 46.2 Å². The average Bonchev–Trinajstić information content (AvgIpc) is 2.59. The molecule has 3 nitrogen and oxygen atoms in total. The first-order valence-electron chi connectivity index (χ1n) is 6.53. The maximum Gasteiger partial charge on any atom is 0.203 e. The van der Waals surface area contributed by atoms with Crippen molar-refractivity contribution in [1.29, 1.82) is 0 Å². The zero-order valence-electron chi connectivity index (χ0n) is 11.1. The van der Waals surface area contributed by atoms with E-state index < -0.39 is 0 Å². The Labute approximate surface area is 108 Å². The first-order chi connectivity index (χ1) is 8.15. The molecule has 0 saturated carbocycles. The molecule has 0 aromatic carbocycles. The van der Waals surface area contributed by atoms with Gasteiger partial charge in [-0.05, 0) is 31.4 Å². The number of rotatable bonds is 4. The van der Waals surface area contributed by atoms with Crippen molar-refractivity contribution in [2.24, 2.45) is 5.92 Å². The van der Waals surface area contributed by atoms with E-state index in [1.807, 2.05) is 11.8 Å². The fourth-order valence-corrected chi connectivity index (χ4v) is 3.30. The molecule has 0 spiro atoms. The van der Waals surface area contributed by atoms with E-state index in [0.29, 0.717) is 12.0 Å². The summed E-state index contributed by atoms with van der Waals surface area (Å²) >= 11 is 2.05. The number of imidazole rings is 1. The molecule has 1 atom stereocenters. The van der Waals surface area contributed by atoms with Gasteiger partial charge in [-0.2, -0.15) is 11.8 Å². The standard InChI is InChI=1S/C13H23N3S/c1-10(2)7-16-8-11(3)14-13(16)15-12-5-4-6-17-9-12/h8,10,12H,4-7,9H2,1-3H3,(H,14,15). The van der Waals surface area contributed by atoms with Gasteiger partial charge in [0.2, 0.25) is 5.95 Å². The largest absolute Gasteiger partial charge is 0.352 e. The van der Waals surface area contributed by atoms with Crippen LogP contribution in [0.4, 0.5) is 5.95 Å². The number of aryl methyl sites for hydroxylation is 1. The molecule has 0 aliphatic carbocycles. The lowest BCUT2D eigenvalue weighted by molar-refractivity contribution is 0.523. The van der Waals surface area contributed by atoms with Crippen LogP contribution in [0.2, 0.25) is 0 Å². The molecule has 0 bridgehead atoms. The van der Waals surface area contributed by atoms with Gasteiger partial charge in [0.15, 0.2) is 0 Å². The summed E-state index contributed by atoms with van der Waals surface area (Å²) in [5.74, 6) is 4.25. The SMILES string of the molecule is Cc1cn(CC(C)C)c(NC2CCCSC2)n1. The van der Waals surface area contributed by atoms with Gasteiger partial charge < -0.3 is 9.88 Å². The van der Waals surface area contributed by atoms with Crippen LogP contribution in [-0.2, 0) is 6.54 Å². The molecule has 1 aromatic heterocycles. The fourth-order valence-electron chi connectivity index (χ4n) is 2.23. The lowest BCUT2D eigenvalue weighted by Crippen LogP contribution is -2.27. The van der Waals surface area contributed by atoms with E-state index in [0.717, 1.165) is 18.2 Å². The van der Waals surface area contributed by atoms with Gasteiger partial charge >= 0.3 is 0 Å². The summed E-state index contributed by atoms with van der Waals surface area (Å²) in [5, 5.41) is 3.61. The number of nitrogens with zero attached hydrogens (tertiary/aromatic N) is 2. The van der Waals surface area contributed by atoms with E-state index in [1.165, 1.54) is 24.3 Å². The maximum absolute atomic E-state index is 4.60. The molecule has 1 fully saturated rings. The monoisotopic (exact) mass is 253 g/mol. The van der Waals surface area contributed by atoms with Crippen molar-refractivity contribution in [1.82, 2.24) is 9.55 Å². The van der Waals surface area contributed by atoms with Gasteiger partial charge in [-0.1, -0.05) is 13.8 Å². The zero-order chi connectivity index (χ0) is 12.3. The Kier molecular flexibility index (Phi) is 4.37. The summed E-state index contributed by atoms with van der Waals surface area (Å²) in [5.41, 5.74) is 1.11. The summed E-state index contributed by atoms with van der Waals surface area (Å²) in [6, 6.07) is 0.599. The topological polar surface area (TPSA) is 29.9 Å². The Morgan fingerprint density at radius 2 is 2.41 bits per heavy atom. The molecule has 1 aliphatic rings. The second-order valence-electron chi connectivity index (χ2n) is 5.31. The van der Waals surface area contributed by atoms with Crippen LogP contribution in [0.3, 0.4) is 0 Å². The fraction of sp³-hybridized carbons (Fsp3) is 0.769. The van der Waals surface area contributed by atoms with Crippen LogP contribution in [0.1, 0.15) is 32.4 Å². The molecule has 96 valence electrons. The van der Waals surface area contributed by atoms with Gasteiger partial charge in [0.1, 0.15) is 0 Å². The van der Waals surface area contributed by atoms with E-state index in [1.54, 1.807) is 0 Å². The zero-order valence-corrected chi connectivity index (χ0v) is 11.9. The molecule has 2 rings (SSSR count). The molecule has 2 heterocycles. The highest BCUT2D eigenvalue weighted by Crippen LogP contribution is 2.21. The lowest BCUT2D eigenvalue weighted by atomic mass is 10.2. The van der Waals surface area contributed by atoms with Crippen molar-refractivity contribution in [3.63, 3.8) is 0 Å². The normalized spacial score (nSPS) is 20.8. The van der Waals surface area contributed by atoms with Crippen LogP contribution in [0, 0.1) is 12.8 Å². The van der Waals surface area contributed by atoms with E-state index in [9.17, 15) is 0 Å². The van der Waals surface area contributed by atoms with E-state index in [-0.39, 0.29) is 0 Å². The summed E-state index contributed by atoms with van der Waals surface area (Å²) in [6.45, 7) is 7.60. The van der Waals surface area contributed by atoms with Crippen LogP contribution in [0.5, 0.6) is 0 Å². The molecule has 0 radical (unpaired) electrons. The van der Waals surface area contributed by atoms with Gasteiger partial charge in [-0.3, -0.25) is 0 Å². The smallest absolute Gasteiger partial charge is 0.203 e. The number of thioether (sulfide) groups is 1. The van der Waals surface area contributed by atoms with Crippen molar-refractivity contribution >= 4 is 17.7 Å². The minimum absolute atomic E-state index is 0.599. The van der Waals surface area contributed by atoms with Crippen LogP contribution in [-0.4, -0.2) is 27.1 Å². The van der Waals surface area contributed by atoms with Crippen molar-refractivity contribution < 1.29 is 0 Å². The van der Waals surface area contributed by atoms with Crippen LogP contribution < -0.4 is 5.32 Å². The Morgan fingerprint density at radius 1 is 1.59 bits per heavy atom. The summed E-state index contributed by atoms with van der Waals surface area (Å²) in [7, 11) is 0. The first-order valence-corrected chi connectivity index (χ1v) is 7.68. The number of hydrogen-bond acceptors (Lipinski definition) is 3. The second kappa shape index (κ2) is 5.80. The molecule has 0 amide bonds. The molecule has 1 N–H and O–H groups in total. The third kappa shape index (κ3) is 3.66. The van der Waals surface area contributed by atoms with Crippen LogP contribution in [0.15, 0.2) is 6.20 Å². The number of nitrogens with one attached hydrogen (secondary N) is 1. The minimum Gasteiger partial charge on any atom is -0.352 e. The lowest BCUT2D eigenvalue weighted by Gasteiger charge is -2.23. The predicted molar refractivity (Wildman–Crippen MR) is 75.8 cm³/mol. The van der Waals surface area contributed by atoms with E-state index in [4.69, 9.17) is 0 Å². The maximum atomic E-state index is 4.60. The molecular formula is C13H23N3S. The van der Waals surface area contributed by atoms with Crippen LogP contribution >= 0.6 is 11.8 Å². The van der Waals surface area contributed by atoms with Crippen molar-refractivity contribution in [2.75, 3.05) is 16.8 Å². The third-order valence-electron chi connectivity index (χ3n) is 2.95. The van der Waals surface area contributed by atoms with E-state index in [2.05, 4.69) is 41.8 Å². The summed E-state index contributed by atoms with van der Waals surface area (Å²) in [4.78, 5) is 4.60. The van der Waals surface area contributed by atoms with Gasteiger partial charge in [0.05, 0.1) is 5.69 Å². The first kappa shape index (κ1) is 12.8. The Morgan fingerprint density at radius 3 is 3.06 bits per heavy atom. The van der Waals surface area contributed by atoms with Gasteiger partial charge in [0.25, 0.3) is 0 Å². The van der Waals surface area contributed by atoms with Crippen LogP contribution in [0.25, 0.3) is 0 Å². The summed E-state index contributed by atoms with van der Waals surface area (Å²) in [6.07, 6.45) is 4.76. The highest BCUT2D eigenvalue weighted by molar-refractivity contribution is 7.99. The number of hydrogen-bond donors (Lipinski definition) is 1. The Balaban J connectivity index is 2.02. The highest BCUT2D eigenvalue weighted by atomic mass is 32.2. The van der Waals surface area contributed by atoms with Gasteiger partial charge in [-0.25, -0.2) is 4.98 Å². The average molecular weight is 253 g/mol. The quantitative estimate of drug-likeness (QED) is 0.894. The Bertz CT molecular complexity index is 354. The second-order valence-corrected chi connectivity index (χ2v) is 6.46. The minimum atomic E-state index is 0.599. The number of aromatic nitrogens is 2. The van der Waals surface area contributed by atoms with Crippen molar-refractivity contribution in [3.05, 3.63) is 11.9 Å². The van der Waals surface area contributed by atoms with Crippen molar-refractivity contribution in [3.8, 4) is 0 Å². The highest BCUT2D eigenvalue weighted by Gasteiger charge is 2.16. The van der Waals surface area contributed by atoms with Gasteiger partial charge in [-0.15, -0.1) is 0 Å². The molecule has 1 unspecified atom stereocenters. The van der Waals surface area contributed by atoms with Gasteiger partial charge in [0, 0.05) is 24.5 Å². The molecule has 17 heavy (non-hydrogen) atoms. The Hall–Kier alpha value is -0.640. The predicted octanol–water partition coefficient (Wildman–Crippen LogP) is 3.16. The molecule has 1 aliphatic heterocycles. The summed E-state index contributed by atoms with van der Waals surface area (Å²) < 4.78 is 2.26. The molecule has 1 aromatic rings. The molecule has 1 saturated heterocycles.